The molecule has 0 amide bonds. The van der Waals surface area contributed by atoms with Crippen molar-refractivity contribution in [3.63, 3.8) is 0 Å². The molecule has 0 aliphatic carbocycles. The van der Waals surface area contributed by atoms with Gasteiger partial charge in [-0.05, 0) is 168 Å². The first-order valence-electron chi connectivity index (χ1n) is 33.6. The van der Waals surface area contributed by atoms with E-state index in [9.17, 15) is 11.0 Å². The summed E-state index contributed by atoms with van der Waals surface area (Å²) >= 11 is 0. The van der Waals surface area contributed by atoms with Crippen molar-refractivity contribution in [1.82, 2.24) is 14.1 Å². The van der Waals surface area contributed by atoms with Crippen LogP contribution in [0.3, 0.4) is 0 Å². The van der Waals surface area contributed by atoms with Crippen LogP contribution in [0.1, 0.15) is 109 Å². The van der Waals surface area contributed by atoms with Gasteiger partial charge in [0.2, 0.25) is 0 Å². The average Bonchev–Trinajstić information content (AvgIpc) is 1.62. The lowest BCUT2D eigenvalue weighted by atomic mass is 9.78. The van der Waals surface area contributed by atoms with E-state index in [-0.39, 0.29) is 83.1 Å². The quantitative estimate of drug-likeness (QED) is 0.123. The number of pyridine rings is 1. The Kier molecular flexibility index (Phi) is 8.47. The molecule has 5 heteroatoms. The molecule has 5 nitrogen and oxygen atoms in total. The Morgan fingerprint density at radius 2 is 1.09 bits per heavy atom. The zero-order chi connectivity index (χ0) is 66.7. The molecule has 79 heavy (non-hydrogen) atoms. The number of aromatic nitrogens is 4. The second kappa shape index (κ2) is 18.4. The summed E-state index contributed by atoms with van der Waals surface area (Å²) in [6.45, 7) is 13.5. The summed E-state index contributed by atoms with van der Waals surface area (Å²) in [7, 11) is 0. The smallest absolute Gasteiger partial charge is 0.269 e. The summed E-state index contributed by atoms with van der Waals surface area (Å²) in [6, 6.07) is 39.8. The zero-order valence-corrected chi connectivity index (χ0v) is 45.6. The molecule has 0 fully saturated rings. The Morgan fingerprint density at radius 1 is 0.494 bits per heavy atom. The highest BCUT2D eigenvalue weighted by Gasteiger charge is 2.29. The SMILES string of the molecule is [2H]c1c([2H])c([2H])c2c(c1[2H])-c1cccc(-c3c(C([2H])([2H])[2H])cccc3C([2H])([2H])[2H])c1-[n+]1[c-]n(-c3cccc(Oc4ccc5c6ccccc6n(-c6cc(C(C)(C)C)ccn6)c5c4)c3)c3cc(-c4cc(C(C)(C)C)cc(C(C)(C)C)c4)cc(c31)-c1c([2H])c([2H])c([2H])c([2H])c1-2. The maximum absolute atomic E-state index is 10.1. The van der Waals surface area contributed by atoms with Gasteiger partial charge in [0.1, 0.15) is 17.3 Å². The van der Waals surface area contributed by atoms with E-state index < -0.39 is 62.0 Å². The van der Waals surface area contributed by atoms with Crippen LogP contribution in [0, 0.1) is 20.0 Å². The van der Waals surface area contributed by atoms with Gasteiger partial charge < -0.3 is 4.74 Å². The Bertz CT molecular complexity index is 5080. The van der Waals surface area contributed by atoms with Crippen molar-refractivity contribution in [2.45, 2.75) is 92.3 Å². The van der Waals surface area contributed by atoms with Gasteiger partial charge in [-0.2, -0.15) is 0 Å². The third-order valence-corrected chi connectivity index (χ3v) is 15.3. The van der Waals surface area contributed by atoms with Gasteiger partial charge in [0.05, 0.1) is 44.4 Å². The van der Waals surface area contributed by atoms with Crippen LogP contribution in [-0.4, -0.2) is 14.1 Å². The van der Waals surface area contributed by atoms with E-state index >= 15 is 0 Å². The number of para-hydroxylation sites is 2. The highest BCUT2D eigenvalue weighted by molar-refractivity contribution is 6.09. The minimum atomic E-state index is -2.91. The second-order valence-electron chi connectivity index (χ2n) is 23.7. The van der Waals surface area contributed by atoms with E-state index in [1.54, 1.807) is 27.3 Å². The Labute approximate surface area is 484 Å². The number of ether oxygens (including phenoxy) is 1. The minimum absolute atomic E-state index is 0.0440. The molecule has 9 aromatic carbocycles. The number of fused-ring (bicyclic) bond motifs is 10. The molecule has 0 unspecified atom stereocenters. The molecule has 0 saturated carbocycles. The van der Waals surface area contributed by atoms with Crippen molar-refractivity contribution in [2.75, 3.05) is 0 Å². The van der Waals surface area contributed by atoms with E-state index in [2.05, 4.69) is 110 Å². The number of hydrogen-bond donors (Lipinski definition) is 0. The van der Waals surface area contributed by atoms with Gasteiger partial charge in [0.15, 0.2) is 0 Å². The number of nitrogens with zero attached hydrogens (tertiary/aromatic N) is 4. The first-order valence-corrected chi connectivity index (χ1v) is 26.6. The number of aryl methyl sites for hydroxylation is 2. The maximum atomic E-state index is 10.1. The van der Waals surface area contributed by atoms with Gasteiger partial charge in [0.25, 0.3) is 6.33 Å². The third kappa shape index (κ3) is 8.55. The Balaban J connectivity index is 1.18. The fourth-order valence-electron chi connectivity index (χ4n) is 11.1. The fraction of sp³-hybridized carbons (Fsp3) is 0.189. The topological polar surface area (TPSA) is 35.9 Å². The van der Waals surface area contributed by atoms with E-state index in [1.807, 2.05) is 79.0 Å². The number of rotatable bonds is 6. The molecule has 0 saturated heterocycles. The predicted molar refractivity (Wildman–Crippen MR) is 329 cm³/mol. The number of benzene rings is 9. The van der Waals surface area contributed by atoms with E-state index in [0.717, 1.165) is 49.9 Å². The first kappa shape index (κ1) is 36.3. The molecule has 0 atom stereocenters. The van der Waals surface area contributed by atoms with Crippen LogP contribution < -0.4 is 9.30 Å². The molecular weight excluding hydrogens is 961 g/mol. The highest BCUT2D eigenvalue weighted by Crippen LogP contribution is 2.48. The molecule has 0 bridgehead atoms. The van der Waals surface area contributed by atoms with Crippen molar-refractivity contribution in [3.05, 3.63) is 234 Å². The molecule has 0 spiro atoms. The van der Waals surface area contributed by atoms with Crippen molar-refractivity contribution in [2.24, 2.45) is 0 Å². The largest absolute Gasteiger partial charge is 0.458 e. The standard InChI is InChI=1S/C74H66N4O/c1-46-21-18-22-47(2)69(46)63-31-20-30-62-58-27-14-12-25-56(58)57-26-13-15-28-59(57)64-39-49(48-37-51(73(6,7)8)41-52(38-48)74(9,10)11)40-67-71(64)77(70(62)63)45-76(67)53-23-19-24-54(43-53)79-55-33-34-61-60-29-16-17-32-65(60)78(66(61)44-55)68-42-50(35-36-75-68)72(3,4)5/h12-44H,1-11H3/i1D3,2D3,12D,13D,14D,15D,25D,26D,27D,28D. The first-order chi connectivity index (χ1) is 43.6. The minimum Gasteiger partial charge on any atom is -0.458 e. The molecule has 1 aliphatic rings. The molecule has 3 aromatic heterocycles. The molecule has 4 heterocycles. The summed E-state index contributed by atoms with van der Waals surface area (Å²) in [5.41, 5.74) is 5.45. The molecule has 388 valence electrons. The van der Waals surface area contributed by atoms with Crippen LogP contribution >= 0.6 is 0 Å². The van der Waals surface area contributed by atoms with Gasteiger partial charge >= 0.3 is 0 Å². The van der Waals surface area contributed by atoms with Crippen LogP contribution in [0.4, 0.5) is 0 Å². The molecule has 0 radical (unpaired) electrons. The van der Waals surface area contributed by atoms with E-state index in [1.165, 1.54) is 18.2 Å². The maximum Gasteiger partial charge on any atom is 0.269 e. The van der Waals surface area contributed by atoms with Crippen LogP contribution in [0.15, 0.2) is 200 Å². The van der Waals surface area contributed by atoms with Gasteiger partial charge in [-0.15, -0.1) is 0 Å². The summed E-state index contributed by atoms with van der Waals surface area (Å²) in [4.78, 5) is 4.89. The second-order valence-corrected chi connectivity index (χ2v) is 23.7. The number of imidazole rings is 1. The van der Waals surface area contributed by atoms with Crippen molar-refractivity contribution in [3.8, 4) is 84.3 Å². The molecular formula is C74H66N4O. The molecule has 13 rings (SSSR count). The highest BCUT2D eigenvalue weighted by atomic mass is 16.5. The Hall–Kier alpha value is -8.80. The summed E-state index contributed by atoms with van der Waals surface area (Å²) in [5.74, 6) is 1.67. The zero-order valence-electron chi connectivity index (χ0n) is 59.6. The lowest BCUT2D eigenvalue weighted by Crippen LogP contribution is -2.32. The monoisotopic (exact) mass is 1040 g/mol. The molecule has 0 N–H and O–H groups in total. The number of hydrogen-bond acceptors (Lipinski definition) is 2. The van der Waals surface area contributed by atoms with E-state index in [0.29, 0.717) is 28.3 Å². The summed E-state index contributed by atoms with van der Waals surface area (Å²) in [5, 5.41) is 2.03. The van der Waals surface area contributed by atoms with E-state index in [4.69, 9.17) is 17.9 Å². The predicted octanol–water partition coefficient (Wildman–Crippen LogP) is 19.1. The van der Waals surface area contributed by atoms with Crippen LogP contribution in [0.25, 0.3) is 106 Å². The van der Waals surface area contributed by atoms with Crippen molar-refractivity contribution < 1.29 is 28.5 Å². The normalized spacial score (nSPS) is 15.4. The van der Waals surface area contributed by atoms with Crippen LogP contribution in [0.5, 0.6) is 11.5 Å². The summed E-state index contributed by atoms with van der Waals surface area (Å²) in [6.07, 6.45) is 5.46. The van der Waals surface area contributed by atoms with Gasteiger partial charge in [0, 0.05) is 31.3 Å². The van der Waals surface area contributed by atoms with Crippen LogP contribution in [-0.2, 0) is 16.2 Å². The third-order valence-electron chi connectivity index (χ3n) is 15.3. The van der Waals surface area contributed by atoms with Crippen molar-refractivity contribution >= 4 is 32.8 Å². The molecule has 12 aromatic rings. The van der Waals surface area contributed by atoms with Gasteiger partial charge in [-0.1, -0.05) is 196 Å². The Morgan fingerprint density at radius 3 is 1.77 bits per heavy atom. The lowest BCUT2D eigenvalue weighted by Gasteiger charge is -2.26. The van der Waals surface area contributed by atoms with Gasteiger partial charge in [-0.25, -0.2) is 4.98 Å². The average molecular weight is 1040 g/mol. The van der Waals surface area contributed by atoms with Crippen molar-refractivity contribution in [1.29, 1.82) is 0 Å². The van der Waals surface area contributed by atoms with Gasteiger partial charge in [-0.3, -0.25) is 13.7 Å². The lowest BCUT2D eigenvalue weighted by molar-refractivity contribution is -0.570. The molecule has 1 aliphatic heterocycles. The van der Waals surface area contributed by atoms with Crippen LogP contribution in [0.2, 0.25) is 0 Å². The fourth-order valence-corrected chi connectivity index (χ4v) is 11.1. The summed E-state index contributed by atoms with van der Waals surface area (Å²) < 4.78 is 143.